The first-order valence-electron chi connectivity index (χ1n) is 10.4. The Balaban J connectivity index is 0.00000576. The molecule has 4 N–H and O–H groups in total. The molecule has 0 aromatic heterocycles. The molecule has 0 spiro atoms. The summed E-state index contributed by atoms with van der Waals surface area (Å²) in [7, 11) is 0. The van der Waals surface area contributed by atoms with Crippen LogP contribution in [0.2, 0.25) is 0 Å². The lowest BCUT2D eigenvalue weighted by atomic mass is 9.98. The topological polar surface area (TPSA) is 96.7 Å². The van der Waals surface area contributed by atoms with Gasteiger partial charge in [0, 0.05) is 17.8 Å². The fraction of sp³-hybridized carbons (Fsp3) is 0.950. The first-order valence-corrected chi connectivity index (χ1v) is 10.4. The standard InChI is InChI=1S/C20H37NO3.H3N/c22-20-18-16-14-12-10-8-6-4-2-1-3-5-7-9-11-13-15-17-19(20)21(23)24;/h19H,1-18H2;1H3/p+1. The van der Waals surface area contributed by atoms with Crippen molar-refractivity contribution in [2.75, 3.05) is 0 Å². The predicted octanol–water partition coefficient (Wildman–Crippen LogP) is 6.61. The summed E-state index contributed by atoms with van der Waals surface area (Å²) in [5, 5.41) is 11.1. The quantitative estimate of drug-likeness (QED) is 0.422. The Labute approximate surface area is 154 Å². The number of carbonyl (C=O) groups is 1. The number of hydrogen-bond donors (Lipinski definition) is 1. The summed E-state index contributed by atoms with van der Waals surface area (Å²) in [6.07, 6.45) is 20.1. The average molecular weight is 358 g/mol. The molecule has 0 amide bonds. The SMILES string of the molecule is O=C1CCCCCCCCCCCCCCCCCCC1[N+](=O)[O-].[NH4+]. The molecule has 0 aromatic rings. The van der Waals surface area contributed by atoms with E-state index in [0.29, 0.717) is 12.8 Å². The van der Waals surface area contributed by atoms with Gasteiger partial charge in [-0.1, -0.05) is 89.9 Å². The fourth-order valence-corrected chi connectivity index (χ4v) is 3.66. The third-order valence-corrected chi connectivity index (χ3v) is 5.28. The number of Topliss-reactive ketones (excluding diaryl/α,β-unsaturated/α-hetero) is 1. The van der Waals surface area contributed by atoms with Gasteiger partial charge in [-0.15, -0.1) is 0 Å². The van der Waals surface area contributed by atoms with E-state index in [4.69, 9.17) is 0 Å². The second-order valence-corrected chi connectivity index (χ2v) is 7.46. The first-order chi connectivity index (χ1) is 11.7. The summed E-state index contributed by atoms with van der Waals surface area (Å²) in [4.78, 5) is 22.9. The molecule has 1 aliphatic carbocycles. The lowest BCUT2D eigenvalue weighted by Gasteiger charge is -2.09. The molecule has 0 heterocycles. The molecule has 0 bridgehead atoms. The third kappa shape index (κ3) is 13.0. The van der Waals surface area contributed by atoms with Gasteiger partial charge in [-0.2, -0.15) is 0 Å². The van der Waals surface area contributed by atoms with Crippen LogP contribution < -0.4 is 6.15 Å². The lowest BCUT2D eigenvalue weighted by molar-refractivity contribution is -0.508. The van der Waals surface area contributed by atoms with Crippen LogP contribution in [0.1, 0.15) is 116 Å². The van der Waals surface area contributed by atoms with E-state index in [9.17, 15) is 14.9 Å². The van der Waals surface area contributed by atoms with Crippen molar-refractivity contribution in [2.24, 2.45) is 0 Å². The van der Waals surface area contributed by atoms with Crippen molar-refractivity contribution in [3.05, 3.63) is 10.1 Å². The molecular formula is C20H41N2O3+. The summed E-state index contributed by atoms with van der Waals surface area (Å²) < 4.78 is 0. The van der Waals surface area contributed by atoms with Gasteiger partial charge in [0.25, 0.3) is 6.04 Å². The van der Waals surface area contributed by atoms with Crippen molar-refractivity contribution in [3.63, 3.8) is 0 Å². The molecule has 0 radical (unpaired) electrons. The summed E-state index contributed by atoms with van der Waals surface area (Å²) in [6.45, 7) is 0. The third-order valence-electron chi connectivity index (χ3n) is 5.28. The van der Waals surface area contributed by atoms with Crippen LogP contribution in [0.15, 0.2) is 0 Å². The average Bonchev–Trinajstić information content (AvgIpc) is 2.55. The van der Waals surface area contributed by atoms with Gasteiger partial charge in [0.05, 0.1) is 0 Å². The number of nitrogens with zero attached hydrogens (tertiary/aromatic N) is 1. The van der Waals surface area contributed by atoms with Gasteiger partial charge in [-0.05, 0) is 12.8 Å². The molecule has 1 saturated carbocycles. The highest BCUT2D eigenvalue weighted by atomic mass is 16.6. The Morgan fingerprint density at radius 2 is 0.960 bits per heavy atom. The zero-order valence-corrected chi connectivity index (χ0v) is 16.5. The number of nitro groups is 1. The van der Waals surface area contributed by atoms with E-state index in [1.165, 1.54) is 64.2 Å². The van der Waals surface area contributed by atoms with Crippen molar-refractivity contribution in [1.82, 2.24) is 6.15 Å². The molecular weight excluding hydrogens is 316 g/mol. The van der Waals surface area contributed by atoms with E-state index >= 15 is 0 Å². The normalized spacial score (nSPS) is 24.0. The Morgan fingerprint density at radius 3 is 1.32 bits per heavy atom. The number of carbonyl (C=O) groups excluding carboxylic acids is 1. The molecule has 1 aliphatic rings. The minimum atomic E-state index is -0.949. The van der Waals surface area contributed by atoms with Crippen LogP contribution >= 0.6 is 0 Å². The van der Waals surface area contributed by atoms with Crippen LogP contribution in [-0.4, -0.2) is 16.7 Å². The van der Waals surface area contributed by atoms with Gasteiger partial charge in [0.15, 0.2) is 0 Å². The molecule has 5 heteroatoms. The minimum Gasteiger partial charge on any atom is -0.369 e. The Morgan fingerprint density at radius 1 is 0.640 bits per heavy atom. The molecule has 1 rings (SSSR count). The Hall–Kier alpha value is -0.970. The molecule has 1 unspecified atom stereocenters. The van der Waals surface area contributed by atoms with Crippen molar-refractivity contribution >= 4 is 5.78 Å². The van der Waals surface area contributed by atoms with Gasteiger partial charge in [-0.25, -0.2) is 0 Å². The van der Waals surface area contributed by atoms with Gasteiger partial charge < -0.3 is 6.15 Å². The monoisotopic (exact) mass is 357 g/mol. The zero-order chi connectivity index (χ0) is 17.5. The van der Waals surface area contributed by atoms with Crippen molar-refractivity contribution in [3.8, 4) is 0 Å². The Kier molecular flexibility index (Phi) is 15.9. The molecule has 1 fully saturated rings. The van der Waals surface area contributed by atoms with Crippen LogP contribution in [0.25, 0.3) is 0 Å². The second kappa shape index (κ2) is 16.5. The van der Waals surface area contributed by atoms with Crippen LogP contribution in [0, 0.1) is 10.1 Å². The maximum Gasteiger partial charge on any atom is 0.270 e. The minimum absolute atomic E-state index is 0. The predicted molar refractivity (Wildman–Crippen MR) is 105 cm³/mol. The molecule has 0 aliphatic heterocycles. The van der Waals surface area contributed by atoms with E-state index in [-0.39, 0.29) is 16.9 Å². The highest BCUT2D eigenvalue weighted by Gasteiger charge is 2.27. The smallest absolute Gasteiger partial charge is 0.270 e. The molecule has 0 aromatic carbocycles. The number of ketones is 1. The van der Waals surface area contributed by atoms with Gasteiger partial charge in [0.2, 0.25) is 5.78 Å². The van der Waals surface area contributed by atoms with Crippen LogP contribution in [0.4, 0.5) is 0 Å². The summed E-state index contributed by atoms with van der Waals surface area (Å²) >= 11 is 0. The van der Waals surface area contributed by atoms with Gasteiger partial charge >= 0.3 is 0 Å². The van der Waals surface area contributed by atoms with Crippen LogP contribution in [0.5, 0.6) is 0 Å². The van der Waals surface area contributed by atoms with Crippen LogP contribution in [0.3, 0.4) is 0 Å². The fourth-order valence-electron chi connectivity index (χ4n) is 3.66. The molecule has 5 nitrogen and oxygen atoms in total. The number of rotatable bonds is 1. The lowest BCUT2D eigenvalue weighted by Crippen LogP contribution is -2.29. The largest absolute Gasteiger partial charge is 0.369 e. The maximum absolute atomic E-state index is 12.1. The van der Waals surface area contributed by atoms with Crippen LogP contribution in [-0.2, 0) is 4.79 Å². The summed E-state index contributed by atoms with van der Waals surface area (Å²) in [5.41, 5.74) is 0. The Bertz CT molecular complexity index is 348. The first kappa shape index (κ1) is 24.0. The van der Waals surface area contributed by atoms with Gasteiger partial charge in [0.1, 0.15) is 0 Å². The van der Waals surface area contributed by atoms with Crippen molar-refractivity contribution in [2.45, 2.75) is 122 Å². The zero-order valence-electron chi connectivity index (χ0n) is 16.5. The highest BCUT2D eigenvalue weighted by molar-refractivity contribution is 5.82. The maximum atomic E-state index is 12.1. The van der Waals surface area contributed by atoms with E-state index in [1.54, 1.807) is 0 Å². The summed E-state index contributed by atoms with van der Waals surface area (Å²) in [5.74, 6) is -0.144. The second-order valence-electron chi connectivity index (χ2n) is 7.46. The highest BCUT2D eigenvalue weighted by Crippen LogP contribution is 2.17. The van der Waals surface area contributed by atoms with E-state index in [0.717, 1.165) is 38.5 Å². The number of quaternary nitrogens is 1. The van der Waals surface area contributed by atoms with E-state index < -0.39 is 6.04 Å². The molecule has 25 heavy (non-hydrogen) atoms. The van der Waals surface area contributed by atoms with E-state index in [2.05, 4.69) is 0 Å². The van der Waals surface area contributed by atoms with Gasteiger partial charge in [-0.3, -0.25) is 14.9 Å². The van der Waals surface area contributed by atoms with E-state index in [1.807, 2.05) is 0 Å². The number of hydrogen-bond acceptors (Lipinski definition) is 3. The summed E-state index contributed by atoms with van der Waals surface area (Å²) in [6, 6.07) is -0.949. The molecule has 0 saturated heterocycles. The molecule has 1 atom stereocenters. The molecule has 148 valence electrons. The van der Waals surface area contributed by atoms with Crippen molar-refractivity contribution in [1.29, 1.82) is 0 Å². The van der Waals surface area contributed by atoms with Crippen molar-refractivity contribution < 1.29 is 9.72 Å².